The van der Waals surface area contributed by atoms with E-state index >= 15 is 0 Å². The molecule has 1 aliphatic heterocycles. The van der Waals surface area contributed by atoms with E-state index in [0.29, 0.717) is 0 Å². The third kappa shape index (κ3) is 5.96. The van der Waals surface area contributed by atoms with Crippen LogP contribution < -0.4 is 19.9 Å². The molecule has 1 saturated heterocycles. The fraction of sp³-hybridized carbons (Fsp3) is 0.320. The molecular formula is C25H29N5O2S. The molecule has 3 aromatic rings. The van der Waals surface area contributed by atoms with Crippen molar-refractivity contribution in [2.24, 2.45) is 0 Å². The van der Waals surface area contributed by atoms with Crippen LogP contribution in [0.4, 0.5) is 17.2 Å². The summed E-state index contributed by atoms with van der Waals surface area (Å²) in [4.78, 5) is 26.2. The molecule has 33 heavy (non-hydrogen) atoms. The summed E-state index contributed by atoms with van der Waals surface area (Å²) in [6.45, 7) is 5.56. The topological polar surface area (TPSA) is 70.6 Å². The number of anilines is 3. The predicted octanol–water partition coefficient (Wildman–Crippen LogP) is 4.11. The number of ether oxygens (including phenoxy) is 1. The zero-order chi connectivity index (χ0) is 23.0. The first-order valence-electron chi connectivity index (χ1n) is 11.1. The number of methoxy groups -OCH3 is 1. The molecule has 0 saturated carbocycles. The normalized spacial score (nSPS) is 13.6. The number of amides is 1. The number of hydrogen-bond acceptors (Lipinski definition) is 7. The van der Waals surface area contributed by atoms with Crippen molar-refractivity contribution >= 4 is 34.9 Å². The number of benzene rings is 2. The van der Waals surface area contributed by atoms with Gasteiger partial charge in [-0.2, -0.15) is 0 Å². The smallest absolute Gasteiger partial charge is 0.234 e. The summed E-state index contributed by atoms with van der Waals surface area (Å²) in [5.74, 6) is 1.95. The maximum atomic E-state index is 12.5. The van der Waals surface area contributed by atoms with E-state index in [1.165, 1.54) is 23.0 Å². The fourth-order valence-corrected chi connectivity index (χ4v) is 4.59. The van der Waals surface area contributed by atoms with E-state index in [1.807, 2.05) is 30.3 Å². The molecule has 8 heteroatoms. The number of thioether (sulfide) groups is 1. The van der Waals surface area contributed by atoms with Gasteiger partial charge >= 0.3 is 0 Å². The Labute approximate surface area is 199 Å². The molecular weight excluding hydrogens is 434 g/mol. The number of rotatable bonds is 8. The largest absolute Gasteiger partial charge is 0.497 e. The Morgan fingerprint density at radius 1 is 1.03 bits per heavy atom. The lowest BCUT2D eigenvalue weighted by Crippen LogP contribution is -2.47. The van der Waals surface area contributed by atoms with Gasteiger partial charge in [-0.15, -0.1) is 0 Å². The summed E-state index contributed by atoms with van der Waals surface area (Å²) >= 11 is 1.42. The lowest BCUT2D eigenvalue weighted by Gasteiger charge is -2.37. The Bertz CT molecular complexity index is 1070. The Balaban J connectivity index is 1.34. The van der Waals surface area contributed by atoms with Crippen LogP contribution in [0.3, 0.4) is 0 Å². The zero-order valence-electron chi connectivity index (χ0n) is 19.0. The van der Waals surface area contributed by atoms with Crippen molar-refractivity contribution in [3.63, 3.8) is 0 Å². The lowest BCUT2D eigenvalue weighted by molar-refractivity contribution is -0.113. The molecule has 172 valence electrons. The number of nitrogens with one attached hydrogen (secondary N) is 1. The van der Waals surface area contributed by atoms with Crippen LogP contribution in [-0.2, 0) is 11.2 Å². The Morgan fingerprint density at radius 3 is 2.48 bits per heavy atom. The number of carbonyl (C=O) groups excluding carboxylic acids is 1. The van der Waals surface area contributed by atoms with Crippen LogP contribution in [0.1, 0.15) is 12.5 Å². The molecule has 1 aromatic heterocycles. The Hall–Kier alpha value is -3.26. The highest BCUT2D eigenvalue weighted by molar-refractivity contribution is 8.00. The van der Waals surface area contributed by atoms with E-state index in [9.17, 15) is 4.79 Å². The zero-order valence-corrected chi connectivity index (χ0v) is 19.8. The predicted molar refractivity (Wildman–Crippen MR) is 135 cm³/mol. The summed E-state index contributed by atoms with van der Waals surface area (Å²) in [6.07, 6.45) is 4.33. The van der Waals surface area contributed by atoms with E-state index in [4.69, 9.17) is 4.74 Å². The van der Waals surface area contributed by atoms with E-state index in [1.54, 1.807) is 19.5 Å². The molecule has 0 spiro atoms. The minimum absolute atomic E-state index is 0.0471. The van der Waals surface area contributed by atoms with Gasteiger partial charge in [0.1, 0.15) is 10.8 Å². The van der Waals surface area contributed by atoms with Crippen molar-refractivity contribution in [1.29, 1.82) is 0 Å². The van der Waals surface area contributed by atoms with E-state index in [0.717, 1.165) is 54.9 Å². The molecule has 1 N–H and O–H groups in total. The first-order valence-corrected chi connectivity index (χ1v) is 12.1. The van der Waals surface area contributed by atoms with Crippen molar-refractivity contribution in [2.75, 3.05) is 54.2 Å². The number of hydrogen-bond donors (Lipinski definition) is 1. The second-order valence-electron chi connectivity index (χ2n) is 7.75. The average Bonchev–Trinajstić information content (AvgIpc) is 2.88. The molecule has 0 bridgehead atoms. The second-order valence-corrected chi connectivity index (χ2v) is 8.71. The first-order chi connectivity index (χ1) is 16.2. The summed E-state index contributed by atoms with van der Waals surface area (Å²) in [5, 5.41) is 3.77. The fourth-order valence-electron chi connectivity index (χ4n) is 3.81. The highest BCUT2D eigenvalue weighted by Crippen LogP contribution is 2.28. The molecule has 4 rings (SSSR count). The molecule has 2 aromatic carbocycles. The molecule has 0 radical (unpaired) electrons. The van der Waals surface area contributed by atoms with Gasteiger partial charge in [-0.05, 0) is 48.4 Å². The maximum absolute atomic E-state index is 12.5. The van der Waals surface area contributed by atoms with Gasteiger partial charge < -0.3 is 19.9 Å². The van der Waals surface area contributed by atoms with Crippen LogP contribution >= 0.6 is 11.8 Å². The molecule has 7 nitrogen and oxygen atoms in total. The van der Waals surface area contributed by atoms with Gasteiger partial charge in [0.25, 0.3) is 0 Å². The monoisotopic (exact) mass is 463 g/mol. The van der Waals surface area contributed by atoms with Crippen LogP contribution in [0.25, 0.3) is 0 Å². The van der Waals surface area contributed by atoms with Crippen LogP contribution in [0.15, 0.2) is 66.0 Å². The molecule has 0 unspecified atom stereocenters. The standard InChI is InChI=1S/C25H29N5O2S/c1-3-19-5-4-6-20(17-19)28-23(31)18-33-25-24(26-11-12-27-25)30-15-13-29(14-16-30)21-7-9-22(32-2)10-8-21/h4-12,17H,3,13-16,18H2,1-2H3,(H,28,31). The Morgan fingerprint density at radius 2 is 1.76 bits per heavy atom. The van der Waals surface area contributed by atoms with E-state index in [2.05, 4.69) is 50.2 Å². The van der Waals surface area contributed by atoms with Crippen LogP contribution in [0.5, 0.6) is 5.75 Å². The van der Waals surface area contributed by atoms with Crippen molar-refractivity contribution < 1.29 is 9.53 Å². The third-order valence-electron chi connectivity index (χ3n) is 5.62. The van der Waals surface area contributed by atoms with Gasteiger partial charge in [0.15, 0.2) is 5.82 Å². The minimum Gasteiger partial charge on any atom is -0.497 e. The quantitative estimate of drug-likeness (QED) is 0.504. The van der Waals surface area contributed by atoms with Crippen LogP contribution in [0, 0.1) is 0 Å². The van der Waals surface area contributed by atoms with Crippen molar-refractivity contribution in [3.05, 3.63) is 66.5 Å². The molecule has 1 fully saturated rings. The Kier molecular flexibility index (Phi) is 7.67. The molecule has 2 heterocycles. The summed E-state index contributed by atoms with van der Waals surface area (Å²) in [7, 11) is 1.68. The number of carbonyl (C=O) groups is 1. The average molecular weight is 464 g/mol. The minimum atomic E-state index is -0.0471. The highest BCUT2D eigenvalue weighted by Gasteiger charge is 2.21. The van der Waals surface area contributed by atoms with Gasteiger partial charge in [-0.3, -0.25) is 4.79 Å². The number of nitrogens with zero attached hydrogens (tertiary/aromatic N) is 4. The second kappa shape index (κ2) is 11.0. The molecule has 1 aliphatic rings. The van der Waals surface area contributed by atoms with Gasteiger partial charge in [-0.25, -0.2) is 9.97 Å². The third-order valence-corrected chi connectivity index (χ3v) is 6.59. The SMILES string of the molecule is CCc1cccc(NC(=O)CSc2nccnc2N2CCN(c3ccc(OC)cc3)CC2)c1. The molecule has 0 atom stereocenters. The highest BCUT2D eigenvalue weighted by atomic mass is 32.2. The number of aryl methyl sites for hydroxylation is 1. The van der Waals surface area contributed by atoms with Crippen molar-refractivity contribution in [1.82, 2.24) is 9.97 Å². The summed E-state index contributed by atoms with van der Waals surface area (Å²) in [5.41, 5.74) is 3.22. The van der Waals surface area contributed by atoms with E-state index in [-0.39, 0.29) is 11.7 Å². The number of aromatic nitrogens is 2. The molecule has 1 amide bonds. The summed E-state index contributed by atoms with van der Waals surface area (Å²) < 4.78 is 5.26. The van der Waals surface area contributed by atoms with Crippen LogP contribution in [-0.4, -0.2) is 54.9 Å². The lowest BCUT2D eigenvalue weighted by atomic mass is 10.1. The first kappa shape index (κ1) is 22.9. The van der Waals surface area contributed by atoms with E-state index < -0.39 is 0 Å². The summed E-state index contributed by atoms with van der Waals surface area (Å²) in [6, 6.07) is 16.1. The van der Waals surface area contributed by atoms with Gasteiger partial charge in [0, 0.05) is 49.9 Å². The van der Waals surface area contributed by atoms with Crippen molar-refractivity contribution in [2.45, 2.75) is 18.4 Å². The maximum Gasteiger partial charge on any atom is 0.234 e. The number of piperazine rings is 1. The molecule has 0 aliphatic carbocycles. The van der Waals surface area contributed by atoms with Gasteiger partial charge in [0.2, 0.25) is 5.91 Å². The van der Waals surface area contributed by atoms with Gasteiger partial charge in [0.05, 0.1) is 12.9 Å². The van der Waals surface area contributed by atoms with Crippen LogP contribution in [0.2, 0.25) is 0 Å². The van der Waals surface area contributed by atoms with Crippen molar-refractivity contribution in [3.8, 4) is 5.75 Å². The van der Waals surface area contributed by atoms with Gasteiger partial charge in [-0.1, -0.05) is 30.8 Å².